The molecule has 2 aromatic rings. The molecule has 1 unspecified atom stereocenters. The van der Waals surface area contributed by atoms with Crippen molar-refractivity contribution in [3.05, 3.63) is 60.2 Å². The van der Waals surface area contributed by atoms with E-state index in [-0.39, 0.29) is 29.9 Å². The molecule has 33 heavy (non-hydrogen) atoms. The average Bonchev–Trinajstić information content (AvgIpc) is 3.32. The van der Waals surface area contributed by atoms with E-state index in [4.69, 9.17) is 0 Å². The highest BCUT2D eigenvalue weighted by Gasteiger charge is 2.51. The van der Waals surface area contributed by atoms with E-state index in [1.54, 1.807) is 25.1 Å². The lowest BCUT2D eigenvalue weighted by Gasteiger charge is -2.47. The molecular formula is C25H31N3O4S. The van der Waals surface area contributed by atoms with Crippen LogP contribution in [-0.2, 0) is 26.0 Å². The maximum absolute atomic E-state index is 13.7. The Balaban J connectivity index is 1.76. The first-order valence-corrected chi connectivity index (χ1v) is 13.0. The number of sulfonamides is 1. The van der Waals surface area contributed by atoms with Gasteiger partial charge >= 0.3 is 0 Å². The molecule has 2 aromatic carbocycles. The highest BCUT2D eigenvalue weighted by Crippen LogP contribution is 2.34. The molecule has 7 nitrogen and oxygen atoms in total. The number of nitrogens with one attached hydrogen (secondary N) is 1. The van der Waals surface area contributed by atoms with Crippen LogP contribution in [0.1, 0.15) is 45.1 Å². The van der Waals surface area contributed by atoms with Crippen LogP contribution >= 0.6 is 0 Å². The molecule has 0 aromatic heterocycles. The Hall–Kier alpha value is -2.71. The van der Waals surface area contributed by atoms with Crippen molar-refractivity contribution in [1.29, 1.82) is 0 Å². The summed E-state index contributed by atoms with van der Waals surface area (Å²) in [4.78, 5) is 28.9. The maximum atomic E-state index is 13.7. The molecule has 0 spiro atoms. The molecule has 1 aliphatic heterocycles. The van der Waals surface area contributed by atoms with E-state index in [1.807, 2.05) is 31.2 Å². The quantitative estimate of drug-likeness (QED) is 0.704. The fourth-order valence-corrected chi connectivity index (χ4v) is 6.39. The summed E-state index contributed by atoms with van der Waals surface area (Å²) in [5, 5.41) is 3.10. The van der Waals surface area contributed by atoms with Gasteiger partial charge in [-0.1, -0.05) is 56.2 Å². The van der Waals surface area contributed by atoms with Crippen LogP contribution in [0.2, 0.25) is 0 Å². The first-order valence-electron chi connectivity index (χ1n) is 11.5. The summed E-state index contributed by atoms with van der Waals surface area (Å²) in [5.41, 5.74) is 0.210. The van der Waals surface area contributed by atoms with Crippen molar-refractivity contribution >= 4 is 27.5 Å². The second-order valence-corrected chi connectivity index (χ2v) is 11.0. The number of hydrogen-bond donors (Lipinski definition) is 1. The monoisotopic (exact) mass is 469 g/mol. The number of hydrogen-bond acceptors (Lipinski definition) is 4. The molecule has 1 atom stereocenters. The molecule has 1 saturated carbocycles. The van der Waals surface area contributed by atoms with Gasteiger partial charge in [-0.25, -0.2) is 8.42 Å². The molecule has 176 valence electrons. The SMILES string of the molecule is CCc1ccccc1N1C(=O)CN(S(=O)(=O)c2ccccc2)CC1(C)C(=O)NC1CCCC1. The minimum absolute atomic E-state index is 0.0498. The van der Waals surface area contributed by atoms with Crippen LogP contribution in [0.3, 0.4) is 0 Å². The number of carbonyl (C=O) groups excluding carboxylic acids is 2. The first-order chi connectivity index (χ1) is 15.8. The molecular weight excluding hydrogens is 438 g/mol. The van der Waals surface area contributed by atoms with Gasteiger partial charge < -0.3 is 5.32 Å². The average molecular weight is 470 g/mol. The third-order valence-corrected chi connectivity index (χ3v) is 8.52. The second-order valence-electron chi connectivity index (χ2n) is 9.03. The van der Waals surface area contributed by atoms with Crippen molar-refractivity contribution in [3.8, 4) is 0 Å². The van der Waals surface area contributed by atoms with Gasteiger partial charge in [-0.3, -0.25) is 14.5 Å². The summed E-state index contributed by atoms with van der Waals surface area (Å²) in [5.74, 6) is -0.729. The predicted molar refractivity (Wildman–Crippen MR) is 127 cm³/mol. The molecule has 0 bridgehead atoms. The van der Waals surface area contributed by atoms with Crippen LogP contribution in [0.5, 0.6) is 0 Å². The van der Waals surface area contributed by atoms with Crippen LogP contribution in [-0.4, -0.2) is 49.2 Å². The molecule has 2 amide bonds. The Bertz CT molecular complexity index is 1130. The van der Waals surface area contributed by atoms with Gasteiger partial charge in [0.05, 0.1) is 11.4 Å². The van der Waals surface area contributed by atoms with E-state index in [0.29, 0.717) is 12.1 Å². The molecule has 1 heterocycles. The Labute approximate surface area is 195 Å². The third kappa shape index (κ3) is 4.42. The molecule has 1 saturated heterocycles. The lowest BCUT2D eigenvalue weighted by Crippen LogP contribution is -2.70. The summed E-state index contributed by atoms with van der Waals surface area (Å²) < 4.78 is 27.9. The van der Waals surface area contributed by atoms with Gasteiger partial charge in [-0.2, -0.15) is 4.31 Å². The van der Waals surface area contributed by atoms with Crippen LogP contribution in [0.4, 0.5) is 5.69 Å². The Morgan fingerprint density at radius 3 is 2.36 bits per heavy atom. The summed E-state index contributed by atoms with van der Waals surface area (Å²) >= 11 is 0. The van der Waals surface area contributed by atoms with E-state index < -0.39 is 21.5 Å². The number of carbonyl (C=O) groups is 2. The largest absolute Gasteiger partial charge is 0.351 e. The van der Waals surface area contributed by atoms with Crippen molar-refractivity contribution in [1.82, 2.24) is 9.62 Å². The van der Waals surface area contributed by atoms with Crippen molar-refractivity contribution in [3.63, 3.8) is 0 Å². The van der Waals surface area contributed by atoms with Crippen molar-refractivity contribution in [2.45, 2.75) is 62.4 Å². The number of rotatable bonds is 6. The Kier molecular flexibility index (Phi) is 6.59. The number of aryl methyl sites for hydroxylation is 1. The molecule has 2 fully saturated rings. The van der Waals surface area contributed by atoms with E-state index in [0.717, 1.165) is 35.6 Å². The Morgan fingerprint density at radius 1 is 1.06 bits per heavy atom. The molecule has 1 aliphatic carbocycles. The molecule has 0 radical (unpaired) electrons. The van der Waals surface area contributed by atoms with Gasteiger partial charge in [0.1, 0.15) is 5.54 Å². The summed E-state index contributed by atoms with van der Waals surface area (Å²) in [6, 6.07) is 15.6. The smallest absolute Gasteiger partial charge is 0.247 e. The fraction of sp³-hybridized carbons (Fsp3) is 0.440. The fourth-order valence-electron chi connectivity index (χ4n) is 4.89. The van der Waals surface area contributed by atoms with Crippen LogP contribution < -0.4 is 10.2 Å². The van der Waals surface area contributed by atoms with Gasteiger partial charge in [0, 0.05) is 18.3 Å². The lowest BCUT2D eigenvalue weighted by atomic mass is 9.92. The van der Waals surface area contributed by atoms with Crippen LogP contribution in [0.15, 0.2) is 59.5 Å². The van der Waals surface area contributed by atoms with E-state index in [1.165, 1.54) is 17.0 Å². The minimum atomic E-state index is -3.94. The van der Waals surface area contributed by atoms with Crippen LogP contribution in [0.25, 0.3) is 0 Å². The van der Waals surface area contributed by atoms with E-state index in [9.17, 15) is 18.0 Å². The molecule has 2 aliphatic rings. The lowest BCUT2D eigenvalue weighted by molar-refractivity contribution is -0.133. The maximum Gasteiger partial charge on any atom is 0.247 e. The normalized spacial score (nSPS) is 22.5. The van der Waals surface area contributed by atoms with E-state index >= 15 is 0 Å². The minimum Gasteiger partial charge on any atom is -0.351 e. The topological polar surface area (TPSA) is 86.8 Å². The third-order valence-electron chi connectivity index (χ3n) is 6.71. The van der Waals surface area contributed by atoms with Gasteiger partial charge in [0.25, 0.3) is 0 Å². The first kappa shape index (κ1) is 23.4. The van der Waals surface area contributed by atoms with Gasteiger partial charge in [0.15, 0.2) is 0 Å². The number of benzene rings is 2. The number of para-hydroxylation sites is 1. The Morgan fingerprint density at radius 2 is 1.70 bits per heavy atom. The summed E-state index contributed by atoms with van der Waals surface area (Å²) in [7, 11) is -3.94. The highest BCUT2D eigenvalue weighted by atomic mass is 32.2. The number of amides is 2. The van der Waals surface area contributed by atoms with Crippen molar-refractivity contribution in [2.75, 3.05) is 18.0 Å². The van der Waals surface area contributed by atoms with Gasteiger partial charge in [0.2, 0.25) is 21.8 Å². The highest BCUT2D eigenvalue weighted by molar-refractivity contribution is 7.89. The summed E-state index contributed by atoms with van der Waals surface area (Å²) in [6.45, 7) is 3.23. The standard InChI is InChI=1S/C25H31N3O4S/c1-3-19-11-7-10-16-22(19)28-23(29)17-27(33(31,32)21-14-5-4-6-15-21)18-25(28,2)24(30)26-20-12-8-9-13-20/h4-7,10-11,14-16,20H,3,8-9,12-13,17-18H2,1-2H3,(H,26,30). The van der Waals surface area contributed by atoms with Gasteiger partial charge in [-0.15, -0.1) is 0 Å². The predicted octanol–water partition coefficient (Wildman–Crippen LogP) is 3.10. The van der Waals surface area contributed by atoms with E-state index in [2.05, 4.69) is 5.32 Å². The summed E-state index contributed by atoms with van der Waals surface area (Å²) in [6.07, 6.45) is 4.59. The number of anilines is 1. The van der Waals surface area contributed by atoms with Crippen molar-refractivity contribution < 1.29 is 18.0 Å². The number of piperazine rings is 1. The molecule has 4 rings (SSSR count). The molecule has 1 N–H and O–H groups in total. The van der Waals surface area contributed by atoms with Crippen LogP contribution in [0, 0.1) is 0 Å². The zero-order valence-electron chi connectivity index (χ0n) is 19.2. The number of nitrogens with zero attached hydrogens (tertiary/aromatic N) is 2. The second kappa shape index (κ2) is 9.27. The van der Waals surface area contributed by atoms with Gasteiger partial charge in [-0.05, 0) is 49.9 Å². The molecule has 8 heteroatoms. The zero-order chi connectivity index (χ0) is 23.6. The van der Waals surface area contributed by atoms with Crippen molar-refractivity contribution in [2.24, 2.45) is 0 Å². The zero-order valence-corrected chi connectivity index (χ0v) is 20.0.